The molecular formula is C14H29N3O. The summed E-state index contributed by atoms with van der Waals surface area (Å²) in [4.78, 5) is 4.91. The molecule has 2 aliphatic rings. The number of aliphatic hydroxyl groups is 1. The minimum Gasteiger partial charge on any atom is -0.394 e. The summed E-state index contributed by atoms with van der Waals surface area (Å²) in [5, 5.41) is 13.5. The van der Waals surface area contributed by atoms with Crippen LogP contribution >= 0.6 is 0 Å². The van der Waals surface area contributed by atoms with Crippen LogP contribution in [0.3, 0.4) is 0 Å². The van der Waals surface area contributed by atoms with Crippen molar-refractivity contribution >= 4 is 0 Å². The lowest BCUT2D eigenvalue weighted by Crippen LogP contribution is -2.60. The van der Waals surface area contributed by atoms with Gasteiger partial charge in [0.05, 0.1) is 12.1 Å². The average Bonchev–Trinajstić information content (AvgIpc) is 3.22. The first-order chi connectivity index (χ1) is 8.70. The number of nitrogens with one attached hydrogen (secondary N) is 1. The second kappa shape index (κ2) is 6.33. The SMILES string of the molecule is CCCNC(CO)(CN1CCN(C)CC1)C1CC1. The molecule has 1 saturated carbocycles. The second-order valence-electron chi connectivity index (χ2n) is 6.09. The van der Waals surface area contributed by atoms with Crippen molar-refractivity contribution in [2.75, 3.05) is 52.9 Å². The number of piperazine rings is 1. The fourth-order valence-corrected chi connectivity index (χ4v) is 2.98. The van der Waals surface area contributed by atoms with Gasteiger partial charge >= 0.3 is 0 Å². The summed E-state index contributed by atoms with van der Waals surface area (Å²) in [5.74, 6) is 0.689. The number of rotatable bonds is 7. The molecule has 1 aliphatic heterocycles. The third-order valence-corrected chi connectivity index (χ3v) is 4.47. The zero-order valence-electron chi connectivity index (χ0n) is 12.0. The number of nitrogens with zero attached hydrogens (tertiary/aromatic N) is 2. The predicted octanol–water partition coefficient (Wildman–Crippen LogP) is 0.375. The van der Waals surface area contributed by atoms with Gasteiger partial charge in [-0.2, -0.15) is 0 Å². The van der Waals surface area contributed by atoms with Gasteiger partial charge in [-0.15, -0.1) is 0 Å². The Morgan fingerprint density at radius 3 is 2.39 bits per heavy atom. The van der Waals surface area contributed by atoms with Gasteiger partial charge in [0, 0.05) is 32.7 Å². The Hall–Kier alpha value is -0.160. The van der Waals surface area contributed by atoms with Crippen molar-refractivity contribution in [2.24, 2.45) is 5.92 Å². The largest absolute Gasteiger partial charge is 0.394 e. The van der Waals surface area contributed by atoms with E-state index in [0.29, 0.717) is 5.92 Å². The van der Waals surface area contributed by atoms with Crippen LogP contribution in [-0.4, -0.2) is 73.4 Å². The summed E-state index contributed by atoms with van der Waals surface area (Å²) in [7, 11) is 2.19. The molecule has 0 bridgehead atoms. The Balaban J connectivity index is 1.91. The van der Waals surface area contributed by atoms with E-state index in [-0.39, 0.29) is 12.1 Å². The molecule has 1 atom stereocenters. The van der Waals surface area contributed by atoms with Gasteiger partial charge in [0.2, 0.25) is 0 Å². The van der Waals surface area contributed by atoms with Crippen molar-refractivity contribution in [1.82, 2.24) is 15.1 Å². The Labute approximate surface area is 111 Å². The molecule has 0 radical (unpaired) electrons. The number of hydrogen-bond acceptors (Lipinski definition) is 4. The first-order valence-corrected chi connectivity index (χ1v) is 7.47. The minimum atomic E-state index is -0.0358. The third-order valence-electron chi connectivity index (χ3n) is 4.47. The van der Waals surface area contributed by atoms with Crippen molar-refractivity contribution in [1.29, 1.82) is 0 Å². The van der Waals surface area contributed by atoms with Crippen molar-refractivity contribution < 1.29 is 5.11 Å². The molecule has 2 N–H and O–H groups in total. The standard InChI is InChI=1S/C14H29N3O/c1-3-6-15-14(12-18,13-4-5-13)11-17-9-7-16(2)8-10-17/h13,15,18H,3-12H2,1-2H3. The summed E-state index contributed by atoms with van der Waals surface area (Å²) in [6, 6.07) is 0. The zero-order chi connectivity index (χ0) is 13.0. The van der Waals surface area contributed by atoms with E-state index in [1.165, 1.54) is 12.8 Å². The molecule has 1 aliphatic carbocycles. The van der Waals surface area contributed by atoms with E-state index in [0.717, 1.165) is 45.7 Å². The number of likely N-dealkylation sites (N-methyl/N-ethyl adjacent to an activating group) is 1. The number of hydrogen-bond donors (Lipinski definition) is 2. The van der Waals surface area contributed by atoms with Crippen molar-refractivity contribution in [3.8, 4) is 0 Å². The Kier molecular flexibility index (Phi) is 5.01. The first-order valence-electron chi connectivity index (χ1n) is 7.47. The molecule has 0 aromatic carbocycles. The molecule has 0 spiro atoms. The molecule has 106 valence electrons. The van der Waals surface area contributed by atoms with Gasteiger partial charge in [0.25, 0.3) is 0 Å². The Morgan fingerprint density at radius 2 is 1.89 bits per heavy atom. The van der Waals surface area contributed by atoms with Crippen molar-refractivity contribution in [3.63, 3.8) is 0 Å². The van der Waals surface area contributed by atoms with Gasteiger partial charge in [-0.05, 0) is 38.8 Å². The van der Waals surface area contributed by atoms with Crippen LogP contribution in [0.25, 0.3) is 0 Å². The van der Waals surface area contributed by atoms with Crippen LogP contribution in [0.2, 0.25) is 0 Å². The highest BCUT2D eigenvalue weighted by Gasteiger charge is 2.45. The van der Waals surface area contributed by atoms with E-state index in [9.17, 15) is 5.11 Å². The molecule has 0 aromatic rings. The van der Waals surface area contributed by atoms with Crippen LogP contribution in [0.15, 0.2) is 0 Å². The van der Waals surface area contributed by atoms with E-state index >= 15 is 0 Å². The molecule has 0 aromatic heterocycles. The molecule has 1 heterocycles. The maximum Gasteiger partial charge on any atom is 0.0628 e. The smallest absolute Gasteiger partial charge is 0.0628 e. The number of aliphatic hydroxyl groups excluding tert-OH is 1. The summed E-state index contributed by atoms with van der Waals surface area (Å²) in [6.45, 7) is 9.09. The highest BCUT2D eigenvalue weighted by molar-refractivity contribution is 5.03. The minimum absolute atomic E-state index is 0.0358. The van der Waals surface area contributed by atoms with Crippen LogP contribution in [0.4, 0.5) is 0 Å². The van der Waals surface area contributed by atoms with Crippen LogP contribution in [0, 0.1) is 5.92 Å². The maximum absolute atomic E-state index is 9.90. The molecule has 1 saturated heterocycles. The highest BCUT2D eigenvalue weighted by atomic mass is 16.3. The monoisotopic (exact) mass is 255 g/mol. The van der Waals surface area contributed by atoms with Gasteiger partial charge in [-0.3, -0.25) is 4.90 Å². The van der Waals surface area contributed by atoms with E-state index in [1.807, 2.05) is 0 Å². The van der Waals surface area contributed by atoms with Crippen LogP contribution < -0.4 is 5.32 Å². The summed E-state index contributed by atoms with van der Waals surface area (Å²) in [6.07, 6.45) is 3.70. The molecular weight excluding hydrogens is 226 g/mol. The summed E-state index contributed by atoms with van der Waals surface area (Å²) in [5.41, 5.74) is -0.0358. The van der Waals surface area contributed by atoms with Crippen LogP contribution in [0.5, 0.6) is 0 Å². The molecule has 18 heavy (non-hydrogen) atoms. The third kappa shape index (κ3) is 3.44. The van der Waals surface area contributed by atoms with Crippen molar-refractivity contribution in [3.05, 3.63) is 0 Å². The summed E-state index contributed by atoms with van der Waals surface area (Å²) < 4.78 is 0. The molecule has 1 unspecified atom stereocenters. The van der Waals surface area contributed by atoms with E-state index in [2.05, 4.69) is 29.1 Å². The quantitative estimate of drug-likeness (QED) is 0.690. The van der Waals surface area contributed by atoms with Crippen LogP contribution in [-0.2, 0) is 0 Å². The highest BCUT2D eigenvalue weighted by Crippen LogP contribution is 2.40. The molecule has 4 nitrogen and oxygen atoms in total. The summed E-state index contributed by atoms with van der Waals surface area (Å²) >= 11 is 0. The lowest BCUT2D eigenvalue weighted by atomic mass is 9.92. The zero-order valence-corrected chi connectivity index (χ0v) is 12.0. The second-order valence-corrected chi connectivity index (χ2v) is 6.09. The normalized spacial score (nSPS) is 26.2. The maximum atomic E-state index is 9.90. The van der Waals surface area contributed by atoms with E-state index in [4.69, 9.17) is 0 Å². The van der Waals surface area contributed by atoms with E-state index in [1.54, 1.807) is 0 Å². The average molecular weight is 255 g/mol. The van der Waals surface area contributed by atoms with Crippen LogP contribution in [0.1, 0.15) is 26.2 Å². The fourth-order valence-electron chi connectivity index (χ4n) is 2.98. The Bertz CT molecular complexity index is 249. The molecule has 2 rings (SSSR count). The van der Waals surface area contributed by atoms with Gasteiger partial charge in [0.1, 0.15) is 0 Å². The van der Waals surface area contributed by atoms with Gasteiger partial charge in [-0.1, -0.05) is 6.92 Å². The fraction of sp³-hybridized carbons (Fsp3) is 1.00. The van der Waals surface area contributed by atoms with Gasteiger partial charge < -0.3 is 15.3 Å². The van der Waals surface area contributed by atoms with Gasteiger partial charge in [-0.25, -0.2) is 0 Å². The van der Waals surface area contributed by atoms with Crippen molar-refractivity contribution in [2.45, 2.75) is 31.7 Å². The molecule has 0 amide bonds. The Morgan fingerprint density at radius 1 is 1.22 bits per heavy atom. The predicted molar refractivity (Wildman–Crippen MR) is 74.8 cm³/mol. The van der Waals surface area contributed by atoms with E-state index < -0.39 is 0 Å². The lowest BCUT2D eigenvalue weighted by Gasteiger charge is -2.41. The first kappa shape index (κ1) is 14.3. The molecule has 2 fully saturated rings. The topological polar surface area (TPSA) is 38.7 Å². The lowest BCUT2D eigenvalue weighted by molar-refractivity contribution is 0.0661. The van der Waals surface area contributed by atoms with Gasteiger partial charge in [0.15, 0.2) is 0 Å². The molecule has 4 heteroatoms.